The van der Waals surface area contributed by atoms with E-state index in [2.05, 4.69) is 9.80 Å². The number of phenolic OH excluding ortho intramolecular Hbond substituents is 2. The molecule has 216 valence electrons. The number of nitrogens with zero attached hydrogens (tertiary/aromatic N) is 2. The first-order valence-corrected chi connectivity index (χ1v) is 14.2. The van der Waals surface area contributed by atoms with Crippen LogP contribution in [0.25, 0.3) is 0 Å². The smallest absolute Gasteiger partial charge is 0.167 e. The Bertz CT molecular complexity index is 1350. The van der Waals surface area contributed by atoms with Crippen LogP contribution >= 0.6 is 0 Å². The second kappa shape index (κ2) is 12.1. The molecule has 8 heteroatoms. The number of halogens is 1. The Kier molecular flexibility index (Phi) is 8.54. The number of benzene rings is 3. The molecule has 3 aromatic rings. The molecule has 2 saturated heterocycles. The molecule has 0 bridgehead atoms. The Morgan fingerprint density at radius 2 is 1.41 bits per heavy atom. The van der Waals surface area contributed by atoms with Gasteiger partial charge in [0.25, 0.3) is 0 Å². The van der Waals surface area contributed by atoms with Gasteiger partial charge >= 0.3 is 0 Å². The third kappa shape index (κ3) is 5.91. The maximum absolute atomic E-state index is 15.0. The summed E-state index contributed by atoms with van der Waals surface area (Å²) < 4.78 is 15.0. The first-order chi connectivity index (χ1) is 19.7. The second-order valence-electron chi connectivity index (χ2n) is 11.4. The number of aliphatic hydroxyl groups excluding tert-OH is 1. The van der Waals surface area contributed by atoms with E-state index in [-0.39, 0.29) is 35.5 Å². The van der Waals surface area contributed by atoms with E-state index in [0.717, 1.165) is 5.56 Å². The normalized spacial score (nSPS) is 21.4. The third-order valence-electron chi connectivity index (χ3n) is 8.93. The molecule has 2 aliphatic rings. The van der Waals surface area contributed by atoms with Gasteiger partial charge in [0.2, 0.25) is 0 Å². The average Bonchev–Trinajstić information content (AvgIpc) is 2.98. The van der Waals surface area contributed by atoms with Gasteiger partial charge in [-0.15, -0.1) is 0 Å². The van der Waals surface area contributed by atoms with Crippen molar-refractivity contribution in [2.24, 2.45) is 11.8 Å². The highest BCUT2D eigenvalue weighted by Gasteiger charge is 2.47. The molecule has 0 amide bonds. The van der Waals surface area contributed by atoms with E-state index in [9.17, 15) is 29.3 Å². The zero-order valence-electron chi connectivity index (χ0n) is 23.3. The number of hydrogen-bond acceptors (Lipinski definition) is 7. The quantitative estimate of drug-likeness (QED) is 0.348. The van der Waals surface area contributed by atoms with Gasteiger partial charge in [0.05, 0.1) is 6.61 Å². The molecule has 3 aromatic carbocycles. The molecule has 0 aromatic heterocycles. The minimum Gasteiger partial charge on any atom is -0.508 e. The van der Waals surface area contributed by atoms with Gasteiger partial charge in [-0.05, 0) is 67.6 Å². The highest BCUT2D eigenvalue weighted by Crippen LogP contribution is 2.44. The number of β-amino-alcohol motifs (C(OH)–C–C–N with tert-alkyl or cyclic N) is 1. The molecule has 2 unspecified atom stereocenters. The lowest BCUT2D eigenvalue weighted by molar-refractivity contribution is -0.0230. The van der Waals surface area contributed by atoms with Gasteiger partial charge in [-0.3, -0.25) is 14.5 Å². The Labute approximate surface area is 239 Å². The molecule has 2 fully saturated rings. The van der Waals surface area contributed by atoms with Crippen LogP contribution < -0.4 is 0 Å². The first-order valence-electron chi connectivity index (χ1n) is 14.2. The number of carbonyl (C=O) groups is 2. The van der Waals surface area contributed by atoms with Crippen molar-refractivity contribution in [3.05, 3.63) is 94.8 Å². The topological polar surface area (TPSA) is 101 Å². The fourth-order valence-electron chi connectivity index (χ4n) is 6.77. The molecular weight excluding hydrogens is 523 g/mol. The number of likely N-dealkylation sites (tertiary alicyclic amines) is 2. The Balaban J connectivity index is 1.57. The fourth-order valence-corrected chi connectivity index (χ4v) is 6.77. The summed E-state index contributed by atoms with van der Waals surface area (Å²) in [6, 6.07) is 17.7. The number of rotatable bonds is 8. The van der Waals surface area contributed by atoms with Crippen molar-refractivity contribution in [2.75, 3.05) is 39.3 Å². The summed E-state index contributed by atoms with van der Waals surface area (Å²) in [4.78, 5) is 32.1. The summed E-state index contributed by atoms with van der Waals surface area (Å²) in [5.41, 5.74) is 1.56. The van der Waals surface area contributed by atoms with Gasteiger partial charge in [0.1, 0.15) is 17.3 Å². The largest absolute Gasteiger partial charge is 0.508 e. The van der Waals surface area contributed by atoms with Crippen molar-refractivity contribution in [1.29, 1.82) is 0 Å². The van der Waals surface area contributed by atoms with Gasteiger partial charge in [-0.2, -0.15) is 0 Å². The monoisotopic (exact) mass is 560 g/mol. The van der Waals surface area contributed by atoms with E-state index in [4.69, 9.17) is 0 Å². The van der Waals surface area contributed by atoms with Crippen LogP contribution in [0.2, 0.25) is 0 Å². The van der Waals surface area contributed by atoms with E-state index in [1.165, 1.54) is 30.3 Å². The van der Waals surface area contributed by atoms with Gasteiger partial charge < -0.3 is 20.2 Å². The minimum absolute atomic E-state index is 0.000913. The number of phenols is 2. The van der Waals surface area contributed by atoms with Crippen LogP contribution in [0.4, 0.5) is 4.39 Å². The summed E-state index contributed by atoms with van der Waals surface area (Å²) in [5, 5.41) is 29.6. The molecule has 3 N–H and O–H groups in total. The van der Waals surface area contributed by atoms with Crippen LogP contribution in [0.3, 0.4) is 0 Å². The summed E-state index contributed by atoms with van der Waals surface area (Å²) in [7, 11) is 0. The standard InChI is InChI=1S/C33H37FN2O5/c1-22-29(9-4-10-30(22)34)33(11-13-35(14-12-33)15-16-37)36-20-25(31(40)23-5-2-7-27(38)18-23)17-26(21-36)32(41)24-6-3-8-28(39)19-24/h2-10,18-19,25-26,37-39H,11-17,20-21H2,1H3. The minimum atomic E-state index is -0.618. The molecule has 5 rings (SSSR count). The van der Waals surface area contributed by atoms with Crippen LogP contribution in [-0.4, -0.2) is 76.0 Å². The molecule has 0 spiro atoms. The number of hydrogen-bond donors (Lipinski definition) is 3. The van der Waals surface area contributed by atoms with Crippen LogP contribution in [0, 0.1) is 24.6 Å². The van der Waals surface area contributed by atoms with Crippen molar-refractivity contribution in [3.63, 3.8) is 0 Å². The lowest BCUT2D eigenvalue weighted by atomic mass is 9.73. The lowest BCUT2D eigenvalue weighted by Crippen LogP contribution is -2.59. The van der Waals surface area contributed by atoms with E-state index >= 15 is 0 Å². The number of ketones is 2. The zero-order valence-corrected chi connectivity index (χ0v) is 23.3. The summed E-state index contributed by atoms with van der Waals surface area (Å²) in [5.74, 6) is -1.66. The van der Waals surface area contributed by atoms with Crippen molar-refractivity contribution in [1.82, 2.24) is 9.80 Å². The summed E-state index contributed by atoms with van der Waals surface area (Å²) in [6.45, 7) is 4.52. The van der Waals surface area contributed by atoms with Gasteiger partial charge in [0.15, 0.2) is 11.6 Å². The molecule has 0 aliphatic carbocycles. The van der Waals surface area contributed by atoms with E-state index in [0.29, 0.717) is 68.7 Å². The predicted molar refractivity (Wildman–Crippen MR) is 154 cm³/mol. The first kappa shape index (κ1) is 28.9. The maximum atomic E-state index is 15.0. The molecule has 2 heterocycles. The van der Waals surface area contributed by atoms with Crippen LogP contribution in [0.1, 0.15) is 51.1 Å². The third-order valence-corrected chi connectivity index (χ3v) is 8.93. The molecule has 41 heavy (non-hydrogen) atoms. The molecule has 0 saturated carbocycles. The van der Waals surface area contributed by atoms with Gasteiger partial charge in [-0.25, -0.2) is 4.39 Å². The van der Waals surface area contributed by atoms with Gasteiger partial charge in [-0.1, -0.05) is 36.4 Å². The van der Waals surface area contributed by atoms with E-state index in [1.807, 2.05) is 6.07 Å². The van der Waals surface area contributed by atoms with Crippen molar-refractivity contribution >= 4 is 11.6 Å². The number of aromatic hydroxyl groups is 2. The fraction of sp³-hybridized carbons (Fsp3) is 0.394. The van der Waals surface area contributed by atoms with Crippen LogP contribution in [-0.2, 0) is 5.54 Å². The number of aliphatic hydroxyl groups is 1. The molecule has 0 radical (unpaired) electrons. The van der Waals surface area contributed by atoms with Crippen molar-refractivity contribution in [3.8, 4) is 11.5 Å². The highest BCUT2D eigenvalue weighted by molar-refractivity contribution is 6.01. The number of piperidine rings is 2. The Hall–Kier alpha value is -3.59. The van der Waals surface area contributed by atoms with Crippen LogP contribution in [0.15, 0.2) is 66.7 Å². The van der Waals surface area contributed by atoms with Crippen molar-refractivity contribution < 1.29 is 29.3 Å². The average molecular weight is 561 g/mol. The maximum Gasteiger partial charge on any atom is 0.167 e. The Morgan fingerprint density at radius 1 is 0.878 bits per heavy atom. The highest BCUT2D eigenvalue weighted by atomic mass is 19.1. The number of carbonyl (C=O) groups excluding carboxylic acids is 2. The van der Waals surface area contributed by atoms with Crippen molar-refractivity contribution in [2.45, 2.75) is 31.7 Å². The Morgan fingerprint density at radius 3 is 1.93 bits per heavy atom. The lowest BCUT2D eigenvalue weighted by Gasteiger charge is -2.53. The molecule has 2 aliphatic heterocycles. The molecule has 2 atom stereocenters. The second-order valence-corrected chi connectivity index (χ2v) is 11.4. The SMILES string of the molecule is Cc1c(F)cccc1C1(N2CC(C(=O)c3cccc(O)c3)CC(C(=O)c3cccc(O)c3)C2)CCN(CCO)CC1. The van der Waals surface area contributed by atoms with Gasteiger partial charge in [0, 0.05) is 61.2 Å². The van der Waals surface area contributed by atoms with E-state index < -0.39 is 17.4 Å². The predicted octanol–water partition coefficient (Wildman–Crippen LogP) is 4.53. The number of Topliss-reactive ketones (excluding diaryl/α,β-unsaturated/α-hetero) is 2. The molecular formula is C33H37FN2O5. The molecule has 7 nitrogen and oxygen atoms in total. The van der Waals surface area contributed by atoms with E-state index in [1.54, 1.807) is 37.3 Å². The summed E-state index contributed by atoms with van der Waals surface area (Å²) in [6.07, 6.45) is 1.63. The zero-order chi connectivity index (χ0) is 29.1. The summed E-state index contributed by atoms with van der Waals surface area (Å²) >= 11 is 0. The van der Waals surface area contributed by atoms with Crippen LogP contribution in [0.5, 0.6) is 11.5 Å².